The molecule has 1 amide bonds. The Morgan fingerprint density at radius 2 is 2.00 bits per heavy atom. The van der Waals surface area contributed by atoms with Gasteiger partial charge in [-0.05, 0) is 55.2 Å². The molecule has 2 atom stereocenters. The molecule has 176 valence electrons. The van der Waals surface area contributed by atoms with E-state index in [1.165, 1.54) is 0 Å². The van der Waals surface area contributed by atoms with Crippen molar-refractivity contribution in [1.82, 2.24) is 19.9 Å². The summed E-state index contributed by atoms with van der Waals surface area (Å²) in [7, 11) is 1.64. The molecule has 34 heavy (non-hydrogen) atoms. The highest BCUT2D eigenvalue weighted by molar-refractivity contribution is 6.06. The van der Waals surface area contributed by atoms with Crippen molar-refractivity contribution >= 4 is 34.4 Å². The maximum atomic E-state index is 13.0. The van der Waals surface area contributed by atoms with E-state index >= 15 is 0 Å². The zero-order chi connectivity index (χ0) is 24.2. The Hall–Kier alpha value is -3.85. The van der Waals surface area contributed by atoms with Crippen molar-refractivity contribution < 1.29 is 19.1 Å². The molecular formula is C25H27N5O4. The summed E-state index contributed by atoms with van der Waals surface area (Å²) in [6, 6.07) is 5.54. The van der Waals surface area contributed by atoms with Crippen LogP contribution in [-0.4, -0.2) is 52.1 Å². The van der Waals surface area contributed by atoms with E-state index in [0.717, 1.165) is 16.7 Å². The molecule has 1 aromatic carbocycles. The number of amides is 1. The fourth-order valence-corrected chi connectivity index (χ4v) is 4.32. The summed E-state index contributed by atoms with van der Waals surface area (Å²) >= 11 is 0. The normalized spacial score (nSPS) is 16.7. The fraction of sp³-hybridized carbons (Fsp3) is 0.320. The number of nitrogens with one attached hydrogen (secondary N) is 2. The third-order valence-electron chi connectivity index (χ3n) is 5.70. The molecule has 0 fully saturated rings. The Balaban J connectivity index is 1.79. The number of allylic oxidation sites excluding steroid dienone is 4. The number of methoxy groups -OCH3 is 1. The van der Waals surface area contributed by atoms with Crippen LogP contribution in [0.15, 0.2) is 48.3 Å². The molecule has 0 saturated carbocycles. The fourth-order valence-electron chi connectivity index (χ4n) is 4.32. The summed E-state index contributed by atoms with van der Waals surface area (Å²) in [5.74, 6) is 0.643. The van der Waals surface area contributed by atoms with Gasteiger partial charge in [0.15, 0.2) is 11.6 Å². The van der Waals surface area contributed by atoms with E-state index in [2.05, 4.69) is 25.3 Å². The number of carbonyl (C=O) groups excluding carboxylic acids is 2. The average Bonchev–Trinajstić information content (AvgIpc) is 3.21. The lowest BCUT2D eigenvalue weighted by atomic mass is 9.79. The van der Waals surface area contributed by atoms with Crippen LogP contribution in [0.25, 0.3) is 28.0 Å². The molecule has 2 N–H and O–H groups in total. The van der Waals surface area contributed by atoms with E-state index in [0.29, 0.717) is 29.0 Å². The number of fused-ring (bicyclic) bond motifs is 1. The number of hydrogen-bond donors (Lipinski definition) is 2. The van der Waals surface area contributed by atoms with E-state index in [1.54, 1.807) is 38.6 Å². The molecular weight excluding hydrogens is 434 g/mol. The van der Waals surface area contributed by atoms with E-state index in [1.807, 2.05) is 32.1 Å². The lowest BCUT2D eigenvalue weighted by Crippen LogP contribution is -2.27. The van der Waals surface area contributed by atoms with Gasteiger partial charge in [0.25, 0.3) is 0 Å². The Bertz CT molecular complexity index is 1280. The second kappa shape index (κ2) is 9.96. The minimum Gasteiger partial charge on any atom is -0.450 e. The van der Waals surface area contributed by atoms with Gasteiger partial charge < -0.3 is 14.5 Å². The third-order valence-corrected chi connectivity index (χ3v) is 5.70. The van der Waals surface area contributed by atoms with Gasteiger partial charge in [-0.3, -0.25) is 10.1 Å². The van der Waals surface area contributed by atoms with Crippen LogP contribution in [0.2, 0.25) is 0 Å². The highest BCUT2D eigenvalue weighted by Crippen LogP contribution is 2.35. The first-order valence-corrected chi connectivity index (χ1v) is 11.1. The van der Waals surface area contributed by atoms with Gasteiger partial charge in [-0.15, -0.1) is 0 Å². The second-order valence-electron chi connectivity index (χ2n) is 8.22. The number of anilines is 1. The number of aromatic amines is 1. The first-order valence-electron chi connectivity index (χ1n) is 11.1. The average molecular weight is 462 g/mol. The highest BCUT2D eigenvalue weighted by atomic mass is 16.5. The van der Waals surface area contributed by atoms with Gasteiger partial charge >= 0.3 is 6.09 Å². The van der Waals surface area contributed by atoms with Crippen LogP contribution in [0.3, 0.4) is 0 Å². The summed E-state index contributed by atoms with van der Waals surface area (Å²) in [6.07, 6.45) is 6.41. The molecule has 0 bridgehead atoms. The van der Waals surface area contributed by atoms with Crippen molar-refractivity contribution in [2.45, 2.75) is 20.8 Å². The number of imidazole rings is 1. The molecule has 2 aromatic heterocycles. The Kier molecular flexibility index (Phi) is 6.83. The van der Waals surface area contributed by atoms with Crippen molar-refractivity contribution in [2.24, 2.45) is 11.8 Å². The summed E-state index contributed by atoms with van der Waals surface area (Å²) in [5, 5.41) is 2.59. The largest absolute Gasteiger partial charge is 0.450 e. The molecule has 1 aliphatic carbocycles. The van der Waals surface area contributed by atoms with E-state index < -0.39 is 6.09 Å². The van der Waals surface area contributed by atoms with Crippen LogP contribution in [0, 0.1) is 11.8 Å². The molecule has 3 aromatic rings. The zero-order valence-electron chi connectivity index (χ0n) is 19.6. The number of ketones is 1. The van der Waals surface area contributed by atoms with Gasteiger partial charge in [0.2, 0.25) is 5.95 Å². The van der Waals surface area contributed by atoms with Gasteiger partial charge in [0.1, 0.15) is 5.52 Å². The van der Waals surface area contributed by atoms with Gasteiger partial charge in [-0.2, -0.15) is 0 Å². The third kappa shape index (κ3) is 4.74. The standard InChI is InChI=1S/C25H27N5O4/c1-5-34-25(32)30-24-28-19-11-17(10-18(22(19)29-24)23-26-7-6-8-27-23)16-9-14(2)21(20(31)12-16)15(3)13-33-4/h6-12,15,21H,5,13H2,1-4H3,(H2,28,29,30,32)/t15-,21?/m0/s1. The number of H-pyrrole nitrogens is 1. The molecule has 2 heterocycles. The summed E-state index contributed by atoms with van der Waals surface area (Å²) in [4.78, 5) is 41.3. The van der Waals surface area contributed by atoms with Crippen LogP contribution >= 0.6 is 0 Å². The van der Waals surface area contributed by atoms with Crippen molar-refractivity contribution in [3.63, 3.8) is 0 Å². The van der Waals surface area contributed by atoms with Crippen LogP contribution in [0.5, 0.6) is 0 Å². The van der Waals surface area contributed by atoms with E-state index in [4.69, 9.17) is 9.47 Å². The van der Waals surface area contributed by atoms with Gasteiger partial charge in [0.05, 0.1) is 12.1 Å². The second-order valence-corrected chi connectivity index (χ2v) is 8.22. The number of rotatable bonds is 7. The molecule has 4 rings (SSSR count). The minimum absolute atomic E-state index is 0.0476. The minimum atomic E-state index is -0.602. The highest BCUT2D eigenvalue weighted by Gasteiger charge is 2.29. The van der Waals surface area contributed by atoms with Crippen LogP contribution < -0.4 is 5.32 Å². The SMILES string of the molecule is CCOC(=O)Nc1nc2c(-c3ncccn3)cc(C3=CC(=O)C([C@@H](C)COC)C(C)=C3)cc2[nH]1. The number of hydrogen-bond acceptors (Lipinski definition) is 7. The number of benzene rings is 1. The van der Waals surface area contributed by atoms with Crippen LogP contribution in [0.1, 0.15) is 26.3 Å². The van der Waals surface area contributed by atoms with Crippen molar-refractivity contribution in [3.05, 3.63) is 53.9 Å². The van der Waals surface area contributed by atoms with Gasteiger partial charge in [0, 0.05) is 37.6 Å². The quantitative estimate of drug-likeness (QED) is 0.535. The summed E-state index contributed by atoms with van der Waals surface area (Å²) < 4.78 is 10.2. The molecule has 0 spiro atoms. The van der Waals surface area contributed by atoms with Gasteiger partial charge in [-0.25, -0.2) is 19.7 Å². The lowest BCUT2D eigenvalue weighted by molar-refractivity contribution is -0.119. The van der Waals surface area contributed by atoms with E-state index in [9.17, 15) is 9.59 Å². The van der Waals surface area contributed by atoms with Crippen LogP contribution in [-0.2, 0) is 14.3 Å². The van der Waals surface area contributed by atoms with Crippen LogP contribution in [0.4, 0.5) is 10.7 Å². The molecule has 9 nitrogen and oxygen atoms in total. The summed E-state index contributed by atoms with van der Waals surface area (Å²) in [5.41, 5.74) is 4.52. The predicted molar refractivity (Wildman–Crippen MR) is 129 cm³/mol. The van der Waals surface area contributed by atoms with E-state index in [-0.39, 0.29) is 30.2 Å². The van der Waals surface area contributed by atoms with Crippen molar-refractivity contribution in [1.29, 1.82) is 0 Å². The first-order chi connectivity index (χ1) is 16.4. The number of nitrogens with zero attached hydrogens (tertiary/aromatic N) is 3. The maximum absolute atomic E-state index is 13.0. The Morgan fingerprint density at radius 3 is 2.68 bits per heavy atom. The first kappa shape index (κ1) is 23.3. The topological polar surface area (TPSA) is 119 Å². The summed E-state index contributed by atoms with van der Waals surface area (Å²) in [6.45, 7) is 6.47. The zero-order valence-corrected chi connectivity index (χ0v) is 19.6. The van der Waals surface area contributed by atoms with Gasteiger partial charge in [-0.1, -0.05) is 18.6 Å². The smallest absolute Gasteiger partial charge is 0.413 e. The number of ether oxygens (including phenoxy) is 2. The number of aromatic nitrogens is 4. The molecule has 0 saturated heterocycles. The molecule has 9 heteroatoms. The predicted octanol–water partition coefficient (Wildman–Crippen LogP) is 4.40. The Labute approximate surface area is 197 Å². The molecule has 1 aliphatic rings. The van der Waals surface area contributed by atoms with Crippen molar-refractivity contribution in [3.8, 4) is 11.4 Å². The molecule has 0 radical (unpaired) electrons. The molecule has 0 aliphatic heterocycles. The Morgan fingerprint density at radius 1 is 1.24 bits per heavy atom. The van der Waals surface area contributed by atoms with Crippen molar-refractivity contribution in [2.75, 3.05) is 25.6 Å². The maximum Gasteiger partial charge on any atom is 0.413 e. The lowest BCUT2D eigenvalue weighted by Gasteiger charge is -2.26. The molecule has 1 unspecified atom stereocenters. The monoisotopic (exact) mass is 461 g/mol. The number of carbonyl (C=O) groups is 2.